The fourth-order valence-corrected chi connectivity index (χ4v) is 3.11. The van der Waals surface area contributed by atoms with Gasteiger partial charge in [0.2, 0.25) is 0 Å². The lowest BCUT2D eigenvalue weighted by atomic mass is 10.2. The standard InChI is InChI=1S/C18H19FN4O2S/c1-4-22-11(2)20-13-6-5-7-15(17(13)22)23(26)18(24)21-14-10-12(19)8-9-16(14)25-3/h5-10,26H,4H2,1-3H3,(H,21,24). The number of imidazole rings is 1. The molecule has 1 N–H and O–H groups in total. The SMILES string of the molecule is CCn1c(C)nc2cccc(N(S)C(=O)Nc3cc(F)ccc3OC)c21. The number of amides is 2. The van der Waals surface area contributed by atoms with Crippen molar-refractivity contribution in [3.63, 3.8) is 0 Å². The third-order valence-electron chi connectivity index (χ3n) is 4.08. The first-order valence-corrected chi connectivity index (χ1v) is 8.45. The Balaban J connectivity index is 1.97. The molecule has 0 bridgehead atoms. The van der Waals surface area contributed by atoms with Crippen LogP contribution in [0.3, 0.4) is 0 Å². The van der Waals surface area contributed by atoms with Gasteiger partial charge in [0.05, 0.1) is 29.5 Å². The average Bonchev–Trinajstić information content (AvgIpc) is 2.96. The molecule has 0 spiro atoms. The number of hydrogen-bond acceptors (Lipinski definition) is 4. The molecule has 0 fully saturated rings. The van der Waals surface area contributed by atoms with Gasteiger partial charge < -0.3 is 14.6 Å². The number of para-hydroxylation sites is 1. The van der Waals surface area contributed by atoms with E-state index in [4.69, 9.17) is 4.74 Å². The van der Waals surface area contributed by atoms with Crippen LogP contribution in [0.4, 0.5) is 20.6 Å². The Morgan fingerprint density at radius 3 is 2.85 bits per heavy atom. The minimum absolute atomic E-state index is 0.226. The minimum Gasteiger partial charge on any atom is -0.495 e. The third kappa shape index (κ3) is 3.20. The van der Waals surface area contributed by atoms with Crippen molar-refractivity contribution in [2.45, 2.75) is 20.4 Å². The summed E-state index contributed by atoms with van der Waals surface area (Å²) in [7, 11) is 1.45. The number of carbonyl (C=O) groups is 1. The van der Waals surface area contributed by atoms with Gasteiger partial charge in [-0.1, -0.05) is 18.9 Å². The van der Waals surface area contributed by atoms with Gasteiger partial charge in [0, 0.05) is 12.6 Å². The number of aryl methyl sites for hydroxylation is 2. The monoisotopic (exact) mass is 374 g/mol. The summed E-state index contributed by atoms with van der Waals surface area (Å²) in [6, 6.07) is 8.84. The zero-order valence-corrected chi connectivity index (χ0v) is 15.5. The van der Waals surface area contributed by atoms with E-state index < -0.39 is 11.8 Å². The van der Waals surface area contributed by atoms with E-state index in [2.05, 4.69) is 23.1 Å². The van der Waals surface area contributed by atoms with E-state index in [1.807, 2.05) is 30.5 Å². The van der Waals surface area contributed by atoms with Crippen LogP contribution >= 0.6 is 12.8 Å². The predicted octanol–water partition coefficient (Wildman–Crippen LogP) is 4.40. The molecule has 0 aliphatic heterocycles. The number of nitrogens with one attached hydrogen (secondary N) is 1. The second-order valence-corrected chi connectivity index (χ2v) is 6.03. The number of halogens is 1. The van der Waals surface area contributed by atoms with Crippen LogP contribution in [0.2, 0.25) is 0 Å². The van der Waals surface area contributed by atoms with E-state index in [9.17, 15) is 9.18 Å². The normalized spacial score (nSPS) is 10.8. The average molecular weight is 374 g/mol. The van der Waals surface area contributed by atoms with Crippen molar-refractivity contribution in [2.24, 2.45) is 0 Å². The van der Waals surface area contributed by atoms with Crippen LogP contribution < -0.4 is 14.4 Å². The Kier molecular flexibility index (Phi) is 5.03. The quantitative estimate of drug-likeness (QED) is 0.666. The lowest BCUT2D eigenvalue weighted by Crippen LogP contribution is -2.27. The summed E-state index contributed by atoms with van der Waals surface area (Å²) < 4.78 is 21.9. The Morgan fingerprint density at radius 1 is 1.38 bits per heavy atom. The van der Waals surface area contributed by atoms with E-state index in [0.717, 1.165) is 16.9 Å². The number of anilines is 2. The maximum Gasteiger partial charge on any atom is 0.336 e. The number of urea groups is 1. The number of fused-ring (bicyclic) bond motifs is 1. The molecule has 0 aliphatic rings. The van der Waals surface area contributed by atoms with Gasteiger partial charge >= 0.3 is 6.03 Å². The molecular formula is C18H19FN4O2S. The number of thiol groups is 1. The van der Waals surface area contributed by atoms with Crippen molar-refractivity contribution in [1.29, 1.82) is 0 Å². The molecule has 136 valence electrons. The third-order valence-corrected chi connectivity index (χ3v) is 4.47. The van der Waals surface area contributed by atoms with Crippen molar-refractivity contribution in [3.05, 3.63) is 48.0 Å². The fourth-order valence-electron chi connectivity index (χ4n) is 2.90. The maximum absolute atomic E-state index is 13.5. The van der Waals surface area contributed by atoms with Crippen molar-refractivity contribution in [2.75, 3.05) is 16.7 Å². The molecule has 2 amide bonds. The van der Waals surface area contributed by atoms with Crippen molar-refractivity contribution in [1.82, 2.24) is 9.55 Å². The van der Waals surface area contributed by atoms with E-state index in [-0.39, 0.29) is 5.69 Å². The molecule has 0 atom stereocenters. The van der Waals surface area contributed by atoms with Crippen LogP contribution in [0.25, 0.3) is 11.0 Å². The molecule has 26 heavy (non-hydrogen) atoms. The van der Waals surface area contributed by atoms with Gasteiger partial charge in [0.25, 0.3) is 0 Å². The highest BCUT2D eigenvalue weighted by Gasteiger charge is 2.20. The van der Waals surface area contributed by atoms with Gasteiger partial charge in [-0.15, -0.1) is 0 Å². The number of carbonyl (C=O) groups excluding carboxylic acids is 1. The van der Waals surface area contributed by atoms with E-state index in [1.165, 1.54) is 29.6 Å². The molecule has 0 radical (unpaired) electrons. The second kappa shape index (κ2) is 7.25. The number of nitrogens with zero attached hydrogens (tertiary/aromatic N) is 3. The second-order valence-electron chi connectivity index (χ2n) is 5.63. The molecule has 8 heteroatoms. The Labute approximate surface area is 156 Å². The predicted molar refractivity (Wildman–Crippen MR) is 104 cm³/mol. The van der Waals surface area contributed by atoms with Gasteiger partial charge in [0.1, 0.15) is 17.4 Å². The van der Waals surface area contributed by atoms with E-state index in [1.54, 1.807) is 6.07 Å². The molecule has 3 aromatic rings. The molecule has 2 aromatic carbocycles. The van der Waals surface area contributed by atoms with Crippen LogP contribution in [-0.2, 0) is 6.54 Å². The Morgan fingerprint density at radius 2 is 2.15 bits per heavy atom. The first-order valence-electron chi connectivity index (χ1n) is 8.05. The van der Waals surface area contributed by atoms with Crippen molar-refractivity contribution >= 4 is 41.3 Å². The highest BCUT2D eigenvalue weighted by molar-refractivity contribution is 7.82. The fraction of sp³-hybridized carbons (Fsp3) is 0.222. The number of ether oxygens (including phenoxy) is 1. The van der Waals surface area contributed by atoms with Crippen molar-refractivity contribution < 1.29 is 13.9 Å². The van der Waals surface area contributed by atoms with Gasteiger partial charge in [-0.2, -0.15) is 0 Å². The molecule has 0 saturated carbocycles. The highest BCUT2D eigenvalue weighted by Crippen LogP contribution is 2.31. The summed E-state index contributed by atoms with van der Waals surface area (Å²) in [4.78, 5) is 17.2. The first kappa shape index (κ1) is 18.1. The Bertz CT molecular complexity index is 973. The van der Waals surface area contributed by atoms with E-state index in [0.29, 0.717) is 18.0 Å². The molecule has 0 aliphatic carbocycles. The molecule has 0 unspecified atom stereocenters. The van der Waals surface area contributed by atoms with Gasteiger partial charge in [-0.3, -0.25) is 0 Å². The molecule has 3 rings (SSSR count). The lowest BCUT2D eigenvalue weighted by molar-refractivity contribution is 0.260. The van der Waals surface area contributed by atoms with Crippen LogP contribution in [0.5, 0.6) is 5.75 Å². The minimum atomic E-state index is -0.536. The number of benzene rings is 2. The maximum atomic E-state index is 13.5. The summed E-state index contributed by atoms with van der Waals surface area (Å²) in [6.45, 7) is 4.62. The molecule has 0 saturated heterocycles. The van der Waals surface area contributed by atoms with Gasteiger partial charge in [-0.05, 0) is 38.1 Å². The number of hydrogen-bond donors (Lipinski definition) is 2. The zero-order valence-electron chi connectivity index (χ0n) is 14.7. The largest absolute Gasteiger partial charge is 0.495 e. The zero-order chi connectivity index (χ0) is 18.8. The summed E-state index contributed by atoms with van der Waals surface area (Å²) in [5, 5.41) is 2.63. The summed E-state index contributed by atoms with van der Waals surface area (Å²) >= 11 is 4.35. The van der Waals surface area contributed by atoms with E-state index >= 15 is 0 Å². The summed E-state index contributed by atoms with van der Waals surface area (Å²) in [5.74, 6) is 0.728. The van der Waals surface area contributed by atoms with Crippen LogP contribution in [-0.4, -0.2) is 22.7 Å². The number of rotatable bonds is 4. The molecule has 1 heterocycles. The van der Waals surface area contributed by atoms with Crippen LogP contribution in [0.15, 0.2) is 36.4 Å². The summed E-state index contributed by atoms with van der Waals surface area (Å²) in [5.41, 5.74) is 2.39. The lowest BCUT2D eigenvalue weighted by Gasteiger charge is -2.19. The summed E-state index contributed by atoms with van der Waals surface area (Å²) in [6.07, 6.45) is 0. The first-order chi connectivity index (χ1) is 12.5. The molecular weight excluding hydrogens is 355 g/mol. The van der Waals surface area contributed by atoms with Crippen LogP contribution in [0.1, 0.15) is 12.7 Å². The highest BCUT2D eigenvalue weighted by atomic mass is 32.1. The number of aromatic nitrogens is 2. The van der Waals surface area contributed by atoms with Gasteiger partial charge in [0.15, 0.2) is 0 Å². The smallest absolute Gasteiger partial charge is 0.336 e. The topological polar surface area (TPSA) is 59.4 Å². The number of methoxy groups -OCH3 is 1. The molecule has 1 aromatic heterocycles. The molecule has 6 nitrogen and oxygen atoms in total. The van der Waals surface area contributed by atoms with Crippen LogP contribution in [0, 0.1) is 12.7 Å². The Hall–Kier alpha value is -2.74. The van der Waals surface area contributed by atoms with Crippen molar-refractivity contribution in [3.8, 4) is 5.75 Å². The van der Waals surface area contributed by atoms with Gasteiger partial charge in [-0.25, -0.2) is 18.5 Å².